The Balaban J connectivity index is 1.35. The number of carbonyl (C=O) groups is 1. The Morgan fingerprint density at radius 3 is 2.74 bits per heavy atom. The highest BCUT2D eigenvalue weighted by Gasteiger charge is 2.28. The SMILES string of the molecule is O=C(NCc1cccc(CN2CCCC2)c1)N1CCCCC1c1ccn[nH]1. The fourth-order valence-electron chi connectivity index (χ4n) is 4.27. The van der Waals surface area contributed by atoms with E-state index in [0.717, 1.165) is 43.6 Å². The molecular formula is C21H29N5O. The van der Waals surface area contributed by atoms with E-state index in [1.54, 1.807) is 6.20 Å². The number of nitrogens with one attached hydrogen (secondary N) is 2. The van der Waals surface area contributed by atoms with Crippen molar-refractivity contribution in [2.75, 3.05) is 19.6 Å². The smallest absolute Gasteiger partial charge is 0.318 e. The summed E-state index contributed by atoms with van der Waals surface area (Å²) in [5.74, 6) is 0. The molecule has 0 aliphatic carbocycles. The lowest BCUT2D eigenvalue weighted by Gasteiger charge is -2.35. The van der Waals surface area contributed by atoms with E-state index in [9.17, 15) is 4.79 Å². The maximum Gasteiger partial charge on any atom is 0.318 e. The van der Waals surface area contributed by atoms with Gasteiger partial charge in [-0.2, -0.15) is 5.10 Å². The zero-order chi connectivity index (χ0) is 18.5. The number of rotatable bonds is 5. The highest BCUT2D eigenvalue weighted by molar-refractivity contribution is 5.74. The van der Waals surface area contributed by atoms with Crippen molar-refractivity contribution in [3.8, 4) is 0 Å². The van der Waals surface area contributed by atoms with Crippen molar-refractivity contribution in [2.45, 2.75) is 51.2 Å². The van der Waals surface area contributed by atoms with Crippen LogP contribution in [0.2, 0.25) is 0 Å². The number of likely N-dealkylation sites (tertiary alicyclic amines) is 2. The summed E-state index contributed by atoms with van der Waals surface area (Å²) in [5.41, 5.74) is 3.52. The Bertz CT molecular complexity index is 739. The zero-order valence-electron chi connectivity index (χ0n) is 15.9. The molecule has 0 spiro atoms. The molecule has 2 N–H and O–H groups in total. The lowest BCUT2D eigenvalue weighted by Crippen LogP contribution is -2.44. The number of aromatic amines is 1. The fourth-order valence-corrected chi connectivity index (χ4v) is 4.27. The van der Waals surface area contributed by atoms with E-state index in [1.165, 1.54) is 31.5 Å². The maximum absolute atomic E-state index is 12.8. The van der Waals surface area contributed by atoms with Gasteiger partial charge in [-0.15, -0.1) is 0 Å². The van der Waals surface area contributed by atoms with Gasteiger partial charge in [0.15, 0.2) is 0 Å². The Labute approximate surface area is 160 Å². The second-order valence-electron chi connectivity index (χ2n) is 7.68. The largest absolute Gasteiger partial charge is 0.334 e. The summed E-state index contributed by atoms with van der Waals surface area (Å²) in [5, 5.41) is 10.2. The molecule has 2 aliphatic rings. The fraction of sp³-hybridized carbons (Fsp3) is 0.524. The lowest BCUT2D eigenvalue weighted by molar-refractivity contribution is 0.149. The number of H-pyrrole nitrogens is 1. The van der Waals surface area contributed by atoms with Crippen LogP contribution in [0.1, 0.15) is 55.0 Å². The summed E-state index contributed by atoms with van der Waals surface area (Å²) in [6.07, 6.45) is 7.56. The third-order valence-corrected chi connectivity index (χ3v) is 5.68. The van der Waals surface area contributed by atoms with Crippen molar-refractivity contribution in [3.63, 3.8) is 0 Å². The highest BCUT2D eigenvalue weighted by atomic mass is 16.2. The predicted molar refractivity (Wildman–Crippen MR) is 105 cm³/mol. The summed E-state index contributed by atoms with van der Waals surface area (Å²) in [6, 6.07) is 10.7. The first-order chi connectivity index (χ1) is 13.3. The van der Waals surface area contributed by atoms with E-state index < -0.39 is 0 Å². The summed E-state index contributed by atoms with van der Waals surface area (Å²) < 4.78 is 0. The van der Waals surface area contributed by atoms with Gasteiger partial charge in [0.05, 0.1) is 11.7 Å². The Hall–Kier alpha value is -2.34. The number of urea groups is 1. The first-order valence-electron chi connectivity index (χ1n) is 10.1. The second kappa shape index (κ2) is 8.57. The number of hydrogen-bond donors (Lipinski definition) is 2. The van der Waals surface area contributed by atoms with Gasteiger partial charge in [0.25, 0.3) is 0 Å². The van der Waals surface area contributed by atoms with Crippen molar-refractivity contribution < 1.29 is 4.79 Å². The molecule has 4 rings (SSSR count). The summed E-state index contributed by atoms with van der Waals surface area (Å²) in [6.45, 7) is 4.77. The Morgan fingerprint density at radius 1 is 1.11 bits per heavy atom. The van der Waals surface area contributed by atoms with Crippen molar-refractivity contribution >= 4 is 6.03 Å². The molecule has 0 saturated carbocycles. The second-order valence-corrected chi connectivity index (χ2v) is 7.68. The number of piperidine rings is 1. The van der Waals surface area contributed by atoms with Crippen LogP contribution in [-0.4, -0.2) is 45.7 Å². The minimum absolute atomic E-state index is 0.0132. The van der Waals surface area contributed by atoms with Gasteiger partial charge in [-0.05, 0) is 62.4 Å². The molecule has 2 saturated heterocycles. The van der Waals surface area contributed by atoms with Gasteiger partial charge >= 0.3 is 6.03 Å². The molecule has 144 valence electrons. The molecule has 2 amide bonds. The van der Waals surface area contributed by atoms with Crippen molar-refractivity contribution in [1.82, 2.24) is 25.3 Å². The molecule has 1 aromatic heterocycles. The monoisotopic (exact) mass is 367 g/mol. The van der Waals surface area contributed by atoms with Crippen molar-refractivity contribution in [1.29, 1.82) is 0 Å². The zero-order valence-corrected chi connectivity index (χ0v) is 15.9. The number of amides is 2. The minimum Gasteiger partial charge on any atom is -0.334 e. The van der Waals surface area contributed by atoms with Crippen LogP contribution in [0.25, 0.3) is 0 Å². The van der Waals surface area contributed by atoms with Gasteiger partial charge in [0.2, 0.25) is 0 Å². The van der Waals surface area contributed by atoms with Gasteiger partial charge in [-0.25, -0.2) is 4.79 Å². The standard InChI is InChI=1S/C21H29N5O/c27-21(26-13-2-1-8-20(26)19-9-10-23-24-19)22-15-17-6-5-7-18(14-17)16-25-11-3-4-12-25/h5-7,9-10,14,20H,1-4,8,11-13,15-16H2,(H,22,27)(H,23,24). The minimum atomic E-state index is 0.0132. The molecule has 1 aromatic carbocycles. The third-order valence-electron chi connectivity index (χ3n) is 5.68. The van der Waals surface area contributed by atoms with Crippen LogP contribution in [0.15, 0.2) is 36.5 Å². The van der Waals surface area contributed by atoms with Crippen LogP contribution >= 0.6 is 0 Å². The van der Waals surface area contributed by atoms with Crippen molar-refractivity contribution in [3.05, 3.63) is 53.3 Å². The molecule has 27 heavy (non-hydrogen) atoms. The third kappa shape index (κ3) is 4.50. The van der Waals surface area contributed by atoms with Crippen LogP contribution in [0.5, 0.6) is 0 Å². The van der Waals surface area contributed by atoms with Gasteiger partial charge in [0.1, 0.15) is 0 Å². The molecular weight excluding hydrogens is 338 g/mol. The molecule has 1 atom stereocenters. The number of aromatic nitrogens is 2. The number of hydrogen-bond acceptors (Lipinski definition) is 3. The van der Waals surface area contributed by atoms with Gasteiger partial charge in [-0.3, -0.25) is 10.00 Å². The number of benzene rings is 1. The molecule has 3 heterocycles. The molecule has 2 fully saturated rings. The number of nitrogens with zero attached hydrogens (tertiary/aromatic N) is 3. The number of carbonyl (C=O) groups excluding carboxylic acids is 1. The van der Waals surface area contributed by atoms with Crippen LogP contribution < -0.4 is 5.32 Å². The topological polar surface area (TPSA) is 64.3 Å². The van der Waals surface area contributed by atoms with Crippen molar-refractivity contribution in [2.24, 2.45) is 0 Å². The van der Waals surface area contributed by atoms with E-state index >= 15 is 0 Å². The molecule has 0 radical (unpaired) electrons. The molecule has 6 heteroatoms. The summed E-state index contributed by atoms with van der Waals surface area (Å²) in [7, 11) is 0. The Morgan fingerprint density at radius 2 is 1.93 bits per heavy atom. The van der Waals surface area contributed by atoms with E-state index in [4.69, 9.17) is 0 Å². The molecule has 2 aromatic rings. The van der Waals surface area contributed by atoms with Crippen LogP contribution in [0, 0.1) is 0 Å². The van der Waals surface area contributed by atoms with E-state index in [2.05, 4.69) is 44.7 Å². The normalized spacial score (nSPS) is 20.7. The quantitative estimate of drug-likeness (QED) is 0.851. The molecule has 0 bridgehead atoms. The van der Waals surface area contributed by atoms with E-state index in [0.29, 0.717) is 6.54 Å². The van der Waals surface area contributed by atoms with Gasteiger partial charge in [-0.1, -0.05) is 24.3 Å². The maximum atomic E-state index is 12.8. The average molecular weight is 367 g/mol. The lowest BCUT2D eigenvalue weighted by atomic mass is 10.00. The summed E-state index contributed by atoms with van der Waals surface area (Å²) >= 11 is 0. The van der Waals surface area contributed by atoms with E-state index in [-0.39, 0.29) is 12.1 Å². The Kier molecular flexibility index (Phi) is 5.72. The average Bonchev–Trinajstić information content (AvgIpc) is 3.41. The van der Waals surface area contributed by atoms with E-state index in [1.807, 2.05) is 11.0 Å². The van der Waals surface area contributed by atoms with Crippen LogP contribution in [-0.2, 0) is 13.1 Å². The van der Waals surface area contributed by atoms with Gasteiger partial charge < -0.3 is 10.2 Å². The predicted octanol–water partition coefficient (Wildman–Crippen LogP) is 3.44. The van der Waals surface area contributed by atoms with Gasteiger partial charge in [0, 0.05) is 25.8 Å². The highest BCUT2D eigenvalue weighted by Crippen LogP contribution is 2.29. The molecule has 6 nitrogen and oxygen atoms in total. The van der Waals surface area contributed by atoms with Crippen LogP contribution in [0.3, 0.4) is 0 Å². The first-order valence-corrected chi connectivity index (χ1v) is 10.1. The molecule has 2 aliphatic heterocycles. The van der Waals surface area contributed by atoms with Crippen LogP contribution in [0.4, 0.5) is 4.79 Å². The molecule has 1 unspecified atom stereocenters. The first kappa shape index (κ1) is 18.0. The summed E-state index contributed by atoms with van der Waals surface area (Å²) in [4.78, 5) is 17.3.